The Morgan fingerprint density at radius 1 is 1.30 bits per heavy atom. The molecule has 1 saturated heterocycles. The third-order valence-corrected chi connectivity index (χ3v) is 5.14. The molecule has 5 nitrogen and oxygen atoms in total. The highest BCUT2D eigenvalue weighted by atomic mass is 32.2. The van der Waals surface area contributed by atoms with Crippen LogP contribution in [-0.4, -0.2) is 50.6 Å². The van der Waals surface area contributed by atoms with E-state index in [1.807, 2.05) is 27.7 Å². The topological polar surface area (TPSA) is 66.5 Å². The van der Waals surface area contributed by atoms with Crippen molar-refractivity contribution in [2.45, 2.75) is 64.6 Å². The molecule has 1 aliphatic heterocycles. The van der Waals surface area contributed by atoms with Gasteiger partial charge in [0.15, 0.2) is 0 Å². The van der Waals surface area contributed by atoms with Gasteiger partial charge in [-0.15, -0.1) is 0 Å². The van der Waals surface area contributed by atoms with Gasteiger partial charge >= 0.3 is 0 Å². The Bertz CT molecular complexity index is 407. The molecule has 1 aliphatic rings. The van der Waals surface area contributed by atoms with Crippen molar-refractivity contribution in [2.75, 3.05) is 12.0 Å². The second-order valence-electron chi connectivity index (χ2n) is 5.50. The highest BCUT2D eigenvalue weighted by Gasteiger charge is 2.49. The van der Waals surface area contributed by atoms with E-state index >= 15 is 0 Å². The molecule has 0 spiro atoms. The van der Waals surface area contributed by atoms with E-state index in [2.05, 4.69) is 5.32 Å². The zero-order chi connectivity index (χ0) is 15.5. The van der Waals surface area contributed by atoms with Gasteiger partial charge in [-0.25, -0.2) is 0 Å². The standard InChI is InChI=1S/C14H26N2O3S/c1-6-11-12(17)15-14(7-2,8-3)13(18)16(11)10(4)9-20(5)19/h10-11H,6-9H2,1-5H3,(H,15,17). The SMILES string of the molecule is CCC1C(=O)NC(CC)(CC)C(=O)N1C(C)CS(C)=O. The summed E-state index contributed by atoms with van der Waals surface area (Å²) in [6.07, 6.45) is 3.34. The Hall–Kier alpha value is -0.910. The predicted octanol–water partition coefficient (Wildman–Crippen LogP) is 1.05. The van der Waals surface area contributed by atoms with E-state index in [1.54, 1.807) is 11.2 Å². The van der Waals surface area contributed by atoms with Crippen molar-refractivity contribution in [1.29, 1.82) is 0 Å². The van der Waals surface area contributed by atoms with E-state index in [0.717, 1.165) is 0 Å². The Morgan fingerprint density at radius 3 is 2.25 bits per heavy atom. The molecule has 1 fully saturated rings. The van der Waals surface area contributed by atoms with E-state index in [0.29, 0.717) is 25.0 Å². The van der Waals surface area contributed by atoms with E-state index in [-0.39, 0.29) is 17.9 Å². The number of piperazine rings is 1. The molecule has 0 saturated carbocycles. The van der Waals surface area contributed by atoms with Crippen molar-refractivity contribution in [3.63, 3.8) is 0 Å². The highest BCUT2D eigenvalue weighted by molar-refractivity contribution is 7.84. The van der Waals surface area contributed by atoms with Crippen LogP contribution >= 0.6 is 0 Å². The summed E-state index contributed by atoms with van der Waals surface area (Å²) in [5.74, 6) is 0.274. The van der Waals surface area contributed by atoms with Gasteiger partial charge in [-0.1, -0.05) is 20.8 Å². The number of carbonyl (C=O) groups excluding carboxylic acids is 2. The molecule has 3 unspecified atom stereocenters. The van der Waals surface area contributed by atoms with Gasteiger partial charge < -0.3 is 10.2 Å². The molecule has 0 aliphatic carbocycles. The van der Waals surface area contributed by atoms with Crippen LogP contribution in [0.5, 0.6) is 0 Å². The monoisotopic (exact) mass is 302 g/mol. The van der Waals surface area contributed by atoms with Gasteiger partial charge in [0.2, 0.25) is 11.8 Å². The van der Waals surface area contributed by atoms with Crippen LogP contribution in [-0.2, 0) is 20.4 Å². The zero-order valence-electron chi connectivity index (χ0n) is 13.1. The first-order valence-electron chi connectivity index (χ1n) is 7.27. The van der Waals surface area contributed by atoms with Crippen LogP contribution < -0.4 is 5.32 Å². The first-order chi connectivity index (χ1) is 9.32. The summed E-state index contributed by atoms with van der Waals surface area (Å²) in [7, 11) is -0.995. The van der Waals surface area contributed by atoms with Crippen LogP contribution in [0.1, 0.15) is 47.0 Å². The minimum Gasteiger partial charge on any atom is -0.340 e. The Morgan fingerprint density at radius 2 is 1.85 bits per heavy atom. The number of nitrogens with zero attached hydrogens (tertiary/aromatic N) is 1. The van der Waals surface area contributed by atoms with Crippen LogP contribution in [0.25, 0.3) is 0 Å². The van der Waals surface area contributed by atoms with Crippen molar-refractivity contribution in [3.8, 4) is 0 Å². The molecule has 20 heavy (non-hydrogen) atoms. The second-order valence-corrected chi connectivity index (χ2v) is 6.98. The third-order valence-electron chi connectivity index (χ3n) is 4.19. The van der Waals surface area contributed by atoms with Crippen molar-refractivity contribution in [2.24, 2.45) is 0 Å². The fraction of sp³-hybridized carbons (Fsp3) is 0.857. The number of hydrogen-bond acceptors (Lipinski definition) is 3. The molecule has 6 heteroatoms. The normalized spacial score (nSPS) is 25.2. The Labute approximate surface area is 123 Å². The molecule has 1 N–H and O–H groups in total. The van der Waals surface area contributed by atoms with Gasteiger partial charge in [0.25, 0.3) is 0 Å². The molecule has 2 amide bonds. The van der Waals surface area contributed by atoms with Crippen molar-refractivity contribution in [1.82, 2.24) is 10.2 Å². The summed E-state index contributed by atoms with van der Waals surface area (Å²) in [6, 6.07) is -0.644. The lowest BCUT2D eigenvalue weighted by Crippen LogP contribution is -2.71. The van der Waals surface area contributed by atoms with Gasteiger partial charge in [0, 0.05) is 28.9 Å². The smallest absolute Gasteiger partial charge is 0.249 e. The maximum Gasteiger partial charge on any atom is 0.249 e. The Balaban J connectivity index is 3.15. The number of carbonyl (C=O) groups is 2. The average molecular weight is 302 g/mol. The minimum atomic E-state index is -0.995. The molecule has 0 aromatic carbocycles. The Kier molecular flexibility index (Phi) is 5.74. The summed E-state index contributed by atoms with van der Waals surface area (Å²) >= 11 is 0. The second kappa shape index (κ2) is 6.70. The molecule has 1 rings (SSSR count). The zero-order valence-corrected chi connectivity index (χ0v) is 13.9. The first-order valence-corrected chi connectivity index (χ1v) is 9.00. The van der Waals surface area contributed by atoms with E-state index in [1.165, 1.54) is 0 Å². The van der Waals surface area contributed by atoms with Gasteiger partial charge in [0.1, 0.15) is 11.6 Å². The lowest BCUT2D eigenvalue weighted by molar-refractivity contribution is -0.157. The van der Waals surface area contributed by atoms with E-state index in [9.17, 15) is 13.8 Å². The molecule has 116 valence electrons. The number of hydrogen-bond donors (Lipinski definition) is 1. The fourth-order valence-electron chi connectivity index (χ4n) is 2.93. The summed E-state index contributed by atoms with van der Waals surface area (Å²) in [5.41, 5.74) is -0.799. The van der Waals surface area contributed by atoms with E-state index in [4.69, 9.17) is 0 Å². The number of rotatable bonds is 6. The molecule has 0 radical (unpaired) electrons. The van der Waals surface area contributed by atoms with Crippen LogP contribution in [0.4, 0.5) is 0 Å². The van der Waals surface area contributed by atoms with Crippen molar-refractivity contribution < 1.29 is 13.8 Å². The lowest BCUT2D eigenvalue weighted by Gasteiger charge is -2.47. The van der Waals surface area contributed by atoms with E-state index < -0.39 is 22.4 Å². The minimum absolute atomic E-state index is 0.0353. The summed E-state index contributed by atoms with van der Waals surface area (Å²) in [5, 5.41) is 2.91. The summed E-state index contributed by atoms with van der Waals surface area (Å²) in [6.45, 7) is 7.59. The van der Waals surface area contributed by atoms with Gasteiger partial charge in [-0.3, -0.25) is 13.8 Å². The van der Waals surface area contributed by atoms with Gasteiger partial charge in [-0.05, 0) is 26.2 Å². The average Bonchev–Trinajstić information content (AvgIpc) is 2.39. The number of amides is 2. The maximum atomic E-state index is 12.9. The molecule has 0 bridgehead atoms. The highest BCUT2D eigenvalue weighted by Crippen LogP contribution is 2.27. The third kappa shape index (κ3) is 3.05. The van der Waals surface area contributed by atoms with Crippen LogP contribution in [0.15, 0.2) is 0 Å². The van der Waals surface area contributed by atoms with Gasteiger partial charge in [0.05, 0.1) is 0 Å². The van der Waals surface area contributed by atoms with Crippen molar-refractivity contribution >= 4 is 22.6 Å². The van der Waals surface area contributed by atoms with Crippen LogP contribution in [0.3, 0.4) is 0 Å². The summed E-state index contributed by atoms with van der Waals surface area (Å²) < 4.78 is 11.5. The predicted molar refractivity (Wildman–Crippen MR) is 80.8 cm³/mol. The molecule has 1 heterocycles. The summed E-state index contributed by atoms with van der Waals surface area (Å²) in [4.78, 5) is 26.8. The maximum absolute atomic E-state index is 12.9. The van der Waals surface area contributed by atoms with Gasteiger partial charge in [-0.2, -0.15) is 0 Å². The van der Waals surface area contributed by atoms with Crippen LogP contribution in [0, 0.1) is 0 Å². The molecule has 0 aromatic rings. The quantitative estimate of drug-likeness (QED) is 0.797. The van der Waals surface area contributed by atoms with Crippen molar-refractivity contribution in [3.05, 3.63) is 0 Å². The first kappa shape index (κ1) is 17.1. The number of nitrogens with one attached hydrogen (secondary N) is 1. The molecular formula is C14H26N2O3S. The molecule has 3 atom stereocenters. The van der Waals surface area contributed by atoms with Crippen LogP contribution in [0.2, 0.25) is 0 Å². The largest absolute Gasteiger partial charge is 0.340 e. The molecule has 0 aromatic heterocycles. The molecular weight excluding hydrogens is 276 g/mol. The fourth-order valence-corrected chi connectivity index (χ4v) is 3.77. The lowest BCUT2D eigenvalue weighted by atomic mass is 9.86.